The molecule has 10 N–H and O–H groups in total. The highest BCUT2D eigenvalue weighted by Gasteiger charge is 2.79. The molecule has 17 nitrogen and oxygen atoms in total. The Bertz CT molecular complexity index is 1800. The predicted molar refractivity (Wildman–Crippen MR) is 228 cm³/mol. The molecule has 0 amide bonds. The standard InChI is InChI=1S/C48H78O17/c1-21-30(52)33(55)36(58)39(60-21)64-38-35(57)32(54)23(19-49)62-41(38)65-37-34(56)31(53)22(2)61-40(37)63-29-12-13-44(7)24(43(29,5)6)10-14-45(8)25(44)11-15-48-26-16-42(3,4)27(50)18-47(26,20-59-48)28(51)17-46(45,48)9/h11,15,21-41,49-58H,10,12-14,16-20H2,1-9H3/t21-,22+,23+,24-,25+,26+,27+,28+,29-,30+,31-,32-,33-,34-,35-,36+,37+,38+,39-,40-,41-,44-,45+,46-,47+,48+/m0/s1. The van der Waals surface area contributed by atoms with E-state index in [2.05, 4.69) is 60.6 Å². The van der Waals surface area contributed by atoms with Crippen molar-refractivity contribution in [2.24, 2.45) is 50.2 Å². The molecule has 0 aromatic carbocycles. The summed E-state index contributed by atoms with van der Waals surface area (Å²) >= 11 is 0. The maximum absolute atomic E-state index is 12.2. The monoisotopic (exact) mass is 927 g/mol. The smallest absolute Gasteiger partial charge is 0.187 e. The molecule has 8 fully saturated rings. The van der Waals surface area contributed by atoms with Gasteiger partial charge < -0.3 is 84.2 Å². The first-order chi connectivity index (χ1) is 30.2. The van der Waals surface area contributed by atoms with Crippen LogP contribution in [0.2, 0.25) is 0 Å². The van der Waals surface area contributed by atoms with Crippen molar-refractivity contribution in [3.8, 4) is 0 Å². The van der Waals surface area contributed by atoms with Gasteiger partial charge in [0.15, 0.2) is 18.9 Å². The number of aliphatic hydroxyl groups excluding tert-OH is 10. The van der Waals surface area contributed by atoms with Crippen LogP contribution in [-0.4, -0.2) is 180 Å². The zero-order valence-electron chi connectivity index (χ0n) is 39.5. The Hall–Kier alpha value is -0.940. The fourth-order valence-electron chi connectivity index (χ4n) is 15.7. The first-order valence-electron chi connectivity index (χ1n) is 24.2. The molecule has 4 saturated heterocycles. The Morgan fingerprint density at radius 1 is 0.600 bits per heavy atom. The zero-order valence-corrected chi connectivity index (χ0v) is 39.5. The molecule has 0 aromatic rings. The highest BCUT2D eigenvalue weighted by molar-refractivity contribution is 5.36. The molecule has 5 aliphatic carbocycles. The van der Waals surface area contributed by atoms with E-state index in [1.54, 1.807) is 6.92 Å². The fraction of sp³-hybridized carbons (Fsp3) is 0.958. The second-order valence-electron chi connectivity index (χ2n) is 23.9. The second-order valence-corrected chi connectivity index (χ2v) is 23.9. The van der Waals surface area contributed by atoms with Crippen molar-refractivity contribution in [1.29, 1.82) is 0 Å². The van der Waals surface area contributed by atoms with E-state index in [4.69, 9.17) is 33.2 Å². The molecule has 4 heterocycles. The first kappa shape index (κ1) is 49.1. The van der Waals surface area contributed by atoms with E-state index < -0.39 is 133 Å². The highest BCUT2D eigenvalue weighted by atomic mass is 16.8. The minimum Gasteiger partial charge on any atom is -0.394 e. The lowest BCUT2D eigenvalue weighted by Gasteiger charge is -2.73. The second kappa shape index (κ2) is 16.3. The summed E-state index contributed by atoms with van der Waals surface area (Å²) in [6, 6.07) is 0. The number of allylic oxidation sites excluding steroid dienone is 1. The molecular formula is C48H78O17. The van der Waals surface area contributed by atoms with Crippen LogP contribution in [0, 0.1) is 50.2 Å². The molecule has 9 aliphatic rings. The maximum atomic E-state index is 12.2. The van der Waals surface area contributed by atoms with Gasteiger partial charge in [0.2, 0.25) is 0 Å². The fourth-order valence-corrected chi connectivity index (χ4v) is 15.7. The van der Waals surface area contributed by atoms with Crippen LogP contribution in [0.4, 0.5) is 0 Å². The molecule has 17 heteroatoms. The van der Waals surface area contributed by atoms with Crippen LogP contribution in [0.15, 0.2) is 12.2 Å². The van der Waals surface area contributed by atoms with E-state index in [1.165, 1.54) is 6.92 Å². The van der Waals surface area contributed by atoms with E-state index >= 15 is 0 Å². The molecule has 0 unspecified atom stereocenters. The quantitative estimate of drug-likeness (QED) is 0.124. The van der Waals surface area contributed by atoms with Crippen molar-refractivity contribution in [2.75, 3.05) is 13.2 Å². The van der Waals surface area contributed by atoms with Crippen LogP contribution in [0.3, 0.4) is 0 Å². The average Bonchev–Trinajstić information content (AvgIpc) is 3.50. The van der Waals surface area contributed by atoms with Crippen molar-refractivity contribution in [3.05, 3.63) is 12.2 Å². The molecule has 0 aromatic heterocycles. The molecule has 0 radical (unpaired) electrons. The average molecular weight is 927 g/mol. The van der Waals surface area contributed by atoms with Gasteiger partial charge in [0.25, 0.3) is 0 Å². The van der Waals surface area contributed by atoms with Gasteiger partial charge in [-0.2, -0.15) is 0 Å². The van der Waals surface area contributed by atoms with Gasteiger partial charge in [0.1, 0.15) is 61.0 Å². The number of ether oxygens (including phenoxy) is 7. The van der Waals surface area contributed by atoms with E-state index in [9.17, 15) is 51.1 Å². The van der Waals surface area contributed by atoms with Crippen molar-refractivity contribution in [3.63, 3.8) is 0 Å². The molecule has 9 rings (SSSR count). The molecule has 4 aliphatic heterocycles. The summed E-state index contributed by atoms with van der Waals surface area (Å²) in [7, 11) is 0. The molecule has 26 atom stereocenters. The SMILES string of the molecule is C[C@@H]1O[C@@H](O[C@H]2[C@H](O[C@H]3[C@H](O[C@H]4CC[C@]5(C)[C@H]6C=C[C@@]78OC[C@@]9(C[C@@H](O)C(C)(C)C[C@H]97)[C@H](O)C[C@@]8(C)[C@]6(C)CC[C@H]5C4(C)C)O[C@H](C)[C@H](O)[C@@H]3O)O[C@H](CO)[C@H](O)[C@@H]2O)[C@H](O)[C@@H](O)[C@@H]1O. The van der Waals surface area contributed by atoms with Crippen LogP contribution in [0.1, 0.15) is 107 Å². The summed E-state index contributed by atoms with van der Waals surface area (Å²) in [4.78, 5) is 0. The lowest BCUT2D eigenvalue weighted by Crippen LogP contribution is -2.73. The molecular weight excluding hydrogens is 849 g/mol. The minimum absolute atomic E-state index is 0.0747. The molecule has 4 saturated carbocycles. The third kappa shape index (κ3) is 6.87. The van der Waals surface area contributed by atoms with Crippen LogP contribution < -0.4 is 0 Å². The Morgan fingerprint density at radius 3 is 1.86 bits per heavy atom. The van der Waals surface area contributed by atoms with Gasteiger partial charge in [-0.15, -0.1) is 0 Å². The van der Waals surface area contributed by atoms with Gasteiger partial charge in [-0.25, -0.2) is 0 Å². The van der Waals surface area contributed by atoms with E-state index in [1.807, 2.05) is 0 Å². The van der Waals surface area contributed by atoms with Gasteiger partial charge >= 0.3 is 0 Å². The summed E-state index contributed by atoms with van der Waals surface area (Å²) in [5.41, 5.74) is -2.62. The Morgan fingerprint density at radius 2 is 1.20 bits per heavy atom. The van der Waals surface area contributed by atoms with Crippen LogP contribution in [-0.2, 0) is 33.2 Å². The van der Waals surface area contributed by atoms with Crippen molar-refractivity contribution in [2.45, 2.75) is 223 Å². The maximum Gasteiger partial charge on any atom is 0.187 e. The number of hydrogen-bond donors (Lipinski definition) is 10. The van der Waals surface area contributed by atoms with Gasteiger partial charge in [0.05, 0.1) is 49.3 Å². The van der Waals surface area contributed by atoms with E-state index in [0.717, 1.165) is 25.7 Å². The molecule has 1 spiro atoms. The number of hydrogen-bond acceptors (Lipinski definition) is 17. The molecule has 372 valence electrons. The van der Waals surface area contributed by atoms with Crippen LogP contribution >= 0.6 is 0 Å². The summed E-state index contributed by atoms with van der Waals surface area (Å²) < 4.78 is 44.2. The number of aliphatic hydroxyl groups is 10. The van der Waals surface area contributed by atoms with E-state index in [0.29, 0.717) is 25.9 Å². The Balaban J connectivity index is 0.977. The van der Waals surface area contributed by atoms with Crippen molar-refractivity contribution in [1.82, 2.24) is 0 Å². The normalized spacial score (nSPS) is 59.2. The zero-order chi connectivity index (χ0) is 47.4. The molecule has 65 heavy (non-hydrogen) atoms. The Kier molecular flexibility index (Phi) is 12.3. The largest absolute Gasteiger partial charge is 0.394 e. The van der Waals surface area contributed by atoms with Crippen molar-refractivity contribution < 1.29 is 84.2 Å². The highest BCUT2D eigenvalue weighted by Crippen LogP contribution is 2.79. The number of fused-ring (bicyclic) bond motifs is 4. The Labute approximate surface area is 382 Å². The lowest BCUT2D eigenvalue weighted by molar-refractivity contribution is -0.396. The van der Waals surface area contributed by atoms with Gasteiger partial charge in [-0.3, -0.25) is 0 Å². The van der Waals surface area contributed by atoms with Crippen molar-refractivity contribution >= 4 is 0 Å². The first-order valence-corrected chi connectivity index (χ1v) is 24.2. The number of rotatable bonds is 7. The lowest BCUT2D eigenvalue weighted by atomic mass is 9.32. The topological polar surface area (TPSA) is 267 Å². The van der Waals surface area contributed by atoms with Gasteiger partial charge in [-0.05, 0) is 92.3 Å². The predicted octanol–water partition coefficient (Wildman–Crippen LogP) is 0.627. The third-order valence-electron chi connectivity index (χ3n) is 20.0. The van der Waals surface area contributed by atoms with Crippen LogP contribution in [0.5, 0.6) is 0 Å². The third-order valence-corrected chi connectivity index (χ3v) is 20.0. The molecule has 2 bridgehead atoms. The van der Waals surface area contributed by atoms with Crippen LogP contribution in [0.25, 0.3) is 0 Å². The summed E-state index contributed by atoms with van der Waals surface area (Å²) in [5, 5.41) is 110. The van der Waals surface area contributed by atoms with Gasteiger partial charge in [0, 0.05) is 16.7 Å². The summed E-state index contributed by atoms with van der Waals surface area (Å²) in [6.45, 7) is 18.6. The van der Waals surface area contributed by atoms with Gasteiger partial charge in [-0.1, -0.05) is 60.6 Å². The summed E-state index contributed by atoms with van der Waals surface area (Å²) in [5.74, 6) is 0.381. The summed E-state index contributed by atoms with van der Waals surface area (Å²) in [6.07, 6.45) is -14.0. The van der Waals surface area contributed by atoms with E-state index in [-0.39, 0.29) is 39.4 Å². The minimum atomic E-state index is -1.80.